The van der Waals surface area contributed by atoms with E-state index in [9.17, 15) is 9.59 Å². The van der Waals surface area contributed by atoms with E-state index in [1.165, 1.54) is 0 Å². The maximum atomic E-state index is 13.2. The van der Waals surface area contributed by atoms with E-state index in [1.54, 1.807) is 40.3 Å². The van der Waals surface area contributed by atoms with Crippen molar-refractivity contribution < 1.29 is 14.3 Å². The maximum Gasteiger partial charge on any atom is 0.272 e. The van der Waals surface area contributed by atoms with Crippen LogP contribution in [0.25, 0.3) is 0 Å². The molecule has 2 amide bonds. The van der Waals surface area contributed by atoms with E-state index in [0.717, 1.165) is 25.9 Å². The van der Waals surface area contributed by atoms with Crippen LogP contribution in [0.15, 0.2) is 36.8 Å². The number of pyridine rings is 1. The Morgan fingerprint density at radius 1 is 1.21 bits per heavy atom. The molecule has 0 aromatic carbocycles. The van der Waals surface area contributed by atoms with Crippen molar-refractivity contribution in [3.8, 4) is 5.75 Å². The van der Waals surface area contributed by atoms with E-state index in [0.29, 0.717) is 31.0 Å². The molecule has 2 fully saturated rings. The molecule has 2 aromatic heterocycles. The van der Waals surface area contributed by atoms with Gasteiger partial charge in [-0.3, -0.25) is 19.3 Å². The van der Waals surface area contributed by atoms with E-state index in [4.69, 9.17) is 4.74 Å². The summed E-state index contributed by atoms with van der Waals surface area (Å²) in [6.45, 7) is 4.43. The van der Waals surface area contributed by atoms with Gasteiger partial charge < -0.3 is 14.5 Å². The lowest BCUT2D eigenvalue weighted by atomic mass is 10.1. The first kappa shape index (κ1) is 18.5. The Hall–Kier alpha value is -2.90. The molecule has 4 rings (SSSR count). The SMILES string of the molecule is CCn1nccc1C(=O)N1C[C@@H](Oc2cccnc2)C[C@H]1C(=O)N1CCCC1. The van der Waals surface area contributed by atoms with Gasteiger partial charge in [-0.2, -0.15) is 5.10 Å². The summed E-state index contributed by atoms with van der Waals surface area (Å²) in [5.74, 6) is 0.493. The molecule has 0 bridgehead atoms. The van der Waals surface area contributed by atoms with E-state index in [2.05, 4.69) is 10.1 Å². The summed E-state index contributed by atoms with van der Waals surface area (Å²) < 4.78 is 7.68. The first-order valence-electron chi connectivity index (χ1n) is 9.85. The lowest BCUT2D eigenvalue weighted by molar-refractivity contribution is -0.134. The maximum absolute atomic E-state index is 13.2. The average Bonchev–Trinajstić information content (AvgIpc) is 3.47. The fourth-order valence-electron chi connectivity index (χ4n) is 4.01. The van der Waals surface area contributed by atoms with Crippen molar-refractivity contribution in [3.63, 3.8) is 0 Å². The number of nitrogens with zero attached hydrogens (tertiary/aromatic N) is 5. The van der Waals surface area contributed by atoms with Crippen molar-refractivity contribution in [1.82, 2.24) is 24.6 Å². The van der Waals surface area contributed by atoms with Gasteiger partial charge in [-0.25, -0.2) is 0 Å². The van der Waals surface area contributed by atoms with Gasteiger partial charge >= 0.3 is 0 Å². The zero-order valence-corrected chi connectivity index (χ0v) is 16.0. The minimum Gasteiger partial charge on any atom is -0.487 e. The third-order valence-corrected chi connectivity index (χ3v) is 5.40. The molecule has 0 aliphatic carbocycles. The standard InChI is InChI=1S/C20H25N5O3/c1-2-25-17(7-9-22-25)20(27)24-14-16(28-15-6-5-8-21-13-15)12-18(24)19(26)23-10-3-4-11-23/h5-9,13,16,18H,2-4,10-12,14H2,1H3/t16-,18-/m0/s1. The molecule has 8 heteroatoms. The lowest BCUT2D eigenvalue weighted by Crippen LogP contribution is -2.47. The molecule has 0 spiro atoms. The fraction of sp³-hybridized carbons (Fsp3) is 0.500. The second-order valence-electron chi connectivity index (χ2n) is 7.20. The van der Waals surface area contributed by atoms with Crippen LogP contribution in [0.1, 0.15) is 36.7 Å². The fourth-order valence-corrected chi connectivity index (χ4v) is 4.01. The van der Waals surface area contributed by atoms with Crippen molar-refractivity contribution in [3.05, 3.63) is 42.5 Å². The van der Waals surface area contributed by atoms with Crippen LogP contribution in [0, 0.1) is 0 Å². The number of likely N-dealkylation sites (tertiary alicyclic amines) is 2. The summed E-state index contributed by atoms with van der Waals surface area (Å²) >= 11 is 0. The Morgan fingerprint density at radius 2 is 2.04 bits per heavy atom. The number of aryl methyl sites for hydroxylation is 1. The number of amides is 2. The Labute approximate surface area is 164 Å². The molecule has 0 saturated carbocycles. The Bertz CT molecular complexity index is 831. The van der Waals surface area contributed by atoms with Crippen LogP contribution in [-0.2, 0) is 11.3 Å². The van der Waals surface area contributed by atoms with Crippen LogP contribution in [0.2, 0.25) is 0 Å². The minimum absolute atomic E-state index is 0.0192. The summed E-state index contributed by atoms with van der Waals surface area (Å²) in [5.41, 5.74) is 0.503. The highest BCUT2D eigenvalue weighted by Gasteiger charge is 2.43. The molecule has 2 saturated heterocycles. The molecular weight excluding hydrogens is 358 g/mol. The second-order valence-corrected chi connectivity index (χ2v) is 7.20. The van der Waals surface area contributed by atoms with Crippen molar-refractivity contribution >= 4 is 11.8 Å². The Morgan fingerprint density at radius 3 is 2.75 bits per heavy atom. The normalized spacial score (nSPS) is 21.9. The molecule has 2 aliphatic rings. The highest BCUT2D eigenvalue weighted by molar-refractivity contribution is 5.97. The number of ether oxygens (including phenoxy) is 1. The zero-order chi connectivity index (χ0) is 19.5. The molecule has 0 N–H and O–H groups in total. The number of carbonyl (C=O) groups excluding carboxylic acids is 2. The van der Waals surface area contributed by atoms with Crippen molar-refractivity contribution in [1.29, 1.82) is 0 Å². The van der Waals surface area contributed by atoms with Crippen LogP contribution in [-0.4, -0.2) is 68.2 Å². The minimum atomic E-state index is -0.507. The Balaban J connectivity index is 1.56. The zero-order valence-electron chi connectivity index (χ0n) is 16.0. The lowest BCUT2D eigenvalue weighted by Gasteiger charge is -2.27. The average molecular weight is 383 g/mol. The first-order chi connectivity index (χ1) is 13.7. The van der Waals surface area contributed by atoms with E-state index < -0.39 is 6.04 Å². The highest BCUT2D eigenvalue weighted by atomic mass is 16.5. The van der Waals surface area contributed by atoms with Gasteiger partial charge in [0.2, 0.25) is 5.91 Å². The first-order valence-corrected chi connectivity index (χ1v) is 9.85. The largest absolute Gasteiger partial charge is 0.487 e. The van der Waals surface area contributed by atoms with E-state index in [1.807, 2.05) is 17.9 Å². The van der Waals surface area contributed by atoms with Crippen LogP contribution < -0.4 is 4.74 Å². The molecule has 2 aromatic rings. The van der Waals surface area contributed by atoms with Gasteiger partial charge in [0.1, 0.15) is 23.6 Å². The van der Waals surface area contributed by atoms with Crippen LogP contribution in [0.4, 0.5) is 0 Å². The molecule has 4 heterocycles. The molecule has 0 unspecified atom stereocenters. The highest BCUT2D eigenvalue weighted by Crippen LogP contribution is 2.27. The second kappa shape index (κ2) is 8.00. The van der Waals surface area contributed by atoms with Crippen LogP contribution >= 0.6 is 0 Å². The molecule has 0 radical (unpaired) electrons. The van der Waals surface area contributed by atoms with Gasteiger partial charge in [0, 0.05) is 38.4 Å². The number of hydrogen-bond donors (Lipinski definition) is 0. The summed E-state index contributed by atoms with van der Waals surface area (Å²) in [4.78, 5) is 34.0. The smallest absolute Gasteiger partial charge is 0.272 e. The van der Waals surface area contributed by atoms with Gasteiger partial charge in [-0.1, -0.05) is 0 Å². The van der Waals surface area contributed by atoms with Gasteiger partial charge in [-0.15, -0.1) is 0 Å². The molecule has 2 aliphatic heterocycles. The number of hydrogen-bond acceptors (Lipinski definition) is 5. The predicted octanol–water partition coefficient (Wildman–Crippen LogP) is 1.58. The third-order valence-electron chi connectivity index (χ3n) is 5.40. The molecule has 2 atom stereocenters. The topological polar surface area (TPSA) is 80.6 Å². The molecule has 148 valence electrons. The van der Waals surface area contributed by atoms with Crippen LogP contribution in [0.5, 0.6) is 5.75 Å². The van der Waals surface area contributed by atoms with Gasteiger partial charge in [-0.05, 0) is 38.0 Å². The quantitative estimate of drug-likeness (QED) is 0.783. The number of rotatable bonds is 5. The predicted molar refractivity (Wildman–Crippen MR) is 102 cm³/mol. The summed E-state index contributed by atoms with van der Waals surface area (Å²) in [7, 11) is 0. The van der Waals surface area contributed by atoms with Crippen molar-refractivity contribution in [2.24, 2.45) is 0 Å². The molecule has 8 nitrogen and oxygen atoms in total. The summed E-state index contributed by atoms with van der Waals surface area (Å²) in [5, 5.41) is 4.20. The Kier molecular flexibility index (Phi) is 5.27. The monoisotopic (exact) mass is 383 g/mol. The van der Waals surface area contributed by atoms with E-state index in [-0.39, 0.29) is 17.9 Å². The number of carbonyl (C=O) groups is 2. The van der Waals surface area contributed by atoms with Crippen LogP contribution in [0.3, 0.4) is 0 Å². The van der Waals surface area contributed by atoms with Crippen molar-refractivity contribution in [2.75, 3.05) is 19.6 Å². The van der Waals surface area contributed by atoms with Gasteiger partial charge in [0.05, 0.1) is 12.7 Å². The van der Waals surface area contributed by atoms with Crippen molar-refractivity contribution in [2.45, 2.75) is 44.9 Å². The number of aromatic nitrogens is 3. The van der Waals surface area contributed by atoms with Gasteiger partial charge in [0.25, 0.3) is 5.91 Å². The third kappa shape index (κ3) is 3.58. The summed E-state index contributed by atoms with van der Waals surface area (Å²) in [6, 6.07) is 4.84. The van der Waals surface area contributed by atoms with Gasteiger partial charge in [0.15, 0.2) is 0 Å². The molecule has 28 heavy (non-hydrogen) atoms. The summed E-state index contributed by atoms with van der Waals surface area (Å²) in [6.07, 6.45) is 7.22. The molecular formula is C20H25N5O3. The van der Waals surface area contributed by atoms with E-state index >= 15 is 0 Å².